The summed E-state index contributed by atoms with van der Waals surface area (Å²) in [5, 5.41) is 16.8. The van der Waals surface area contributed by atoms with Crippen LogP contribution in [-0.2, 0) is 6.54 Å². The lowest BCUT2D eigenvalue weighted by atomic mass is 10.1. The Morgan fingerprint density at radius 3 is 2.45 bits per heavy atom. The second kappa shape index (κ2) is 8.51. The van der Waals surface area contributed by atoms with Crippen molar-refractivity contribution >= 4 is 28.9 Å². The highest BCUT2D eigenvalue weighted by atomic mass is 35.5. The van der Waals surface area contributed by atoms with E-state index in [4.69, 9.17) is 16.7 Å². The highest BCUT2D eigenvalue weighted by Crippen LogP contribution is 2.36. The number of anilines is 3. The van der Waals surface area contributed by atoms with Crippen LogP contribution in [0.4, 0.5) is 17.3 Å². The summed E-state index contributed by atoms with van der Waals surface area (Å²) in [6.45, 7) is 6.81. The van der Waals surface area contributed by atoms with E-state index >= 15 is 0 Å². The Kier molecular flexibility index (Phi) is 5.54. The number of rotatable bonds is 7. The Bertz CT molecular complexity index is 1300. The molecule has 170 valence electrons. The van der Waals surface area contributed by atoms with Gasteiger partial charge in [-0.05, 0) is 51.7 Å². The molecule has 9 heteroatoms. The number of hydrogen-bond donors (Lipinski definition) is 2. The topological polar surface area (TPSA) is 85.5 Å². The standard InChI is InChI=1S/C24H27ClN8/c1-14-23(18-7-9-19(26-4)10-8-18)31-32(12-17-5-6-17)24(14)29-20-11-21(28-13-27-20)33-16(3)22(25)15(2)30-33/h7-11,13,17,26H,5-6,12H2,1-4H3,(H,27,28,29). The summed E-state index contributed by atoms with van der Waals surface area (Å²) in [5.41, 5.74) is 5.84. The van der Waals surface area contributed by atoms with Crippen molar-refractivity contribution in [3.05, 3.63) is 58.6 Å². The maximum absolute atomic E-state index is 6.34. The zero-order chi connectivity index (χ0) is 23.1. The zero-order valence-electron chi connectivity index (χ0n) is 19.2. The summed E-state index contributed by atoms with van der Waals surface area (Å²) in [6, 6.07) is 10.2. The summed E-state index contributed by atoms with van der Waals surface area (Å²) in [7, 11) is 1.92. The summed E-state index contributed by atoms with van der Waals surface area (Å²) in [5.74, 6) is 2.97. The van der Waals surface area contributed by atoms with Crippen molar-refractivity contribution in [2.24, 2.45) is 5.92 Å². The predicted octanol–water partition coefficient (Wildman–Crippen LogP) is 5.30. The summed E-state index contributed by atoms with van der Waals surface area (Å²) >= 11 is 6.34. The first-order valence-corrected chi connectivity index (χ1v) is 11.5. The van der Waals surface area contributed by atoms with Gasteiger partial charge in [0.2, 0.25) is 0 Å². The van der Waals surface area contributed by atoms with Gasteiger partial charge in [0.25, 0.3) is 0 Å². The molecule has 0 saturated heterocycles. The fraction of sp³-hybridized carbons (Fsp3) is 0.333. The molecule has 0 amide bonds. The van der Waals surface area contributed by atoms with Crippen LogP contribution in [0.25, 0.3) is 17.1 Å². The van der Waals surface area contributed by atoms with Crippen LogP contribution < -0.4 is 10.6 Å². The van der Waals surface area contributed by atoms with Crippen LogP contribution in [0.5, 0.6) is 0 Å². The normalized spacial score (nSPS) is 13.4. The van der Waals surface area contributed by atoms with E-state index in [-0.39, 0.29) is 0 Å². The molecule has 1 aliphatic rings. The molecule has 3 heterocycles. The van der Waals surface area contributed by atoms with E-state index in [2.05, 4.69) is 61.6 Å². The molecule has 1 aromatic carbocycles. The minimum absolute atomic E-state index is 0.649. The van der Waals surface area contributed by atoms with Gasteiger partial charge in [0, 0.05) is 36.5 Å². The number of benzene rings is 1. The molecule has 0 radical (unpaired) electrons. The van der Waals surface area contributed by atoms with Gasteiger partial charge in [-0.1, -0.05) is 23.7 Å². The van der Waals surface area contributed by atoms with Gasteiger partial charge in [-0.15, -0.1) is 0 Å². The third-order valence-corrected chi connectivity index (χ3v) is 6.63. The van der Waals surface area contributed by atoms with E-state index in [1.807, 2.05) is 27.0 Å². The number of nitrogens with one attached hydrogen (secondary N) is 2. The van der Waals surface area contributed by atoms with E-state index in [1.165, 1.54) is 19.2 Å². The minimum atomic E-state index is 0.649. The molecule has 1 saturated carbocycles. The largest absolute Gasteiger partial charge is 0.388 e. The first-order chi connectivity index (χ1) is 15.9. The fourth-order valence-corrected chi connectivity index (χ4v) is 4.07. The number of aryl methyl sites for hydroxylation is 1. The highest BCUT2D eigenvalue weighted by molar-refractivity contribution is 6.31. The lowest BCUT2D eigenvalue weighted by Crippen LogP contribution is -2.09. The van der Waals surface area contributed by atoms with Crippen LogP contribution >= 0.6 is 11.6 Å². The van der Waals surface area contributed by atoms with Crippen LogP contribution in [0.3, 0.4) is 0 Å². The molecule has 33 heavy (non-hydrogen) atoms. The van der Waals surface area contributed by atoms with E-state index in [9.17, 15) is 0 Å². The second-order valence-corrected chi connectivity index (χ2v) is 8.94. The molecule has 1 fully saturated rings. The van der Waals surface area contributed by atoms with Gasteiger partial charge in [0.05, 0.1) is 22.1 Å². The number of aromatic nitrogens is 6. The fourth-order valence-electron chi connectivity index (χ4n) is 3.96. The van der Waals surface area contributed by atoms with Crippen molar-refractivity contribution in [2.75, 3.05) is 17.7 Å². The number of nitrogens with zero attached hydrogens (tertiary/aromatic N) is 6. The molecule has 4 aromatic rings. The van der Waals surface area contributed by atoms with E-state index in [0.717, 1.165) is 46.3 Å². The third-order valence-electron chi connectivity index (χ3n) is 6.08. The molecular weight excluding hydrogens is 436 g/mol. The van der Waals surface area contributed by atoms with E-state index in [1.54, 1.807) is 4.68 Å². The van der Waals surface area contributed by atoms with Crippen molar-refractivity contribution in [1.29, 1.82) is 0 Å². The van der Waals surface area contributed by atoms with Crippen LogP contribution in [0, 0.1) is 26.7 Å². The molecule has 0 unspecified atom stereocenters. The first-order valence-electron chi connectivity index (χ1n) is 11.1. The molecule has 0 aliphatic heterocycles. The molecule has 5 rings (SSSR count). The van der Waals surface area contributed by atoms with Gasteiger partial charge in [-0.2, -0.15) is 10.2 Å². The van der Waals surface area contributed by atoms with Gasteiger partial charge in [-0.3, -0.25) is 0 Å². The Morgan fingerprint density at radius 2 is 1.82 bits per heavy atom. The summed E-state index contributed by atoms with van der Waals surface area (Å²) < 4.78 is 3.82. The third kappa shape index (κ3) is 4.18. The predicted molar refractivity (Wildman–Crippen MR) is 132 cm³/mol. The van der Waals surface area contributed by atoms with Crippen molar-refractivity contribution in [2.45, 2.75) is 40.2 Å². The molecule has 0 bridgehead atoms. The molecule has 0 atom stereocenters. The van der Waals surface area contributed by atoms with Crippen molar-refractivity contribution < 1.29 is 0 Å². The Morgan fingerprint density at radius 1 is 1.06 bits per heavy atom. The van der Waals surface area contributed by atoms with Gasteiger partial charge in [0.1, 0.15) is 18.0 Å². The maximum atomic E-state index is 6.34. The van der Waals surface area contributed by atoms with Crippen LogP contribution in [-0.4, -0.2) is 36.6 Å². The monoisotopic (exact) mass is 462 g/mol. The Hall–Kier alpha value is -3.39. The lowest BCUT2D eigenvalue weighted by molar-refractivity contribution is 0.571. The molecule has 1 aliphatic carbocycles. The van der Waals surface area contributed by atoms with Crippen molar-refractivity contribution in [1.82, 2.24) is 29.5 Å². The zero-order valence-corrected chi connectivity index (χ0v) is 20.0. The van der Waals surface area contributed by atoms with Crippen molar-refractivity contribution in [3.63, 3.8) is 0 Å². The average molecular weight is 463 g/mol. The quantitative estimate of drug-likeness (QED) is 0.387. The van der Waals surface area contributed by atoms with Crippen molar-refractivity contribution in [3.8, 4) is 17.1 Å². The summed E-state index contributed by atoms with van der Waals surface area (Å²) in [6.07, 6.45) is 4.04. The van der Waals surface area contributed by atoms with Crippen LogP contribution in [0.15, 0.2) is 36.7 Å². The molecular formula is C24H27ClN8. The van der Waals surface area contributed by atoms with Gasteiger partial charge < -0.3 is 10.6 Å². The number of halogens is 1. The average Bonchev–Trinajstić information content (AvgIpc) is 3.56. The molecule has 0 spiro atoms. The SMILES string of the molecule is CNc1ccc(-c2nn(CC3CC3)c(Nc3cc(-n4nc(C)c(Cl)c4C)ncn3)c2C)cc1. The van der Waals surface area contributed by atoms with E-state index in [0.29, 0.717) is 22.6 Å². The highest BCUT2D eigenvalue weighted by Gasteiger charge is 2.25. The number of hydrogen-bond acceptors (Lipinski definition) is 6. The summed E-state index contributed by atoms with van der Waals surface area (Å²) in [4.78, 5) is 8.86. The first kappa shape index (κ1) is 21.5. The van der Waals surface area contributed by atoms with Gasteiger partial charge in [-0.25, -0.2) is 19.3 Å². The minimum Gasteiger partial charge on any atom is -0.388 e. The van der Waals surface area contributed by atoms with Gasteiger partial charge >= 0.3 is 0 Å². The maximum Gasteiger partial charge on any atom is 0.159 e. The second-order valence-electron chi connectivity index (χ2n) is 8.56. The van der Waals surface area contributed by atoms with Crippen LogP contribution in [0.2, 0.25) is 5.02 Å². The van der Waals surface area contributed by atoms with Crippen LogP contribution in [0.1, 0.15) is 29.8 Å². The van der Waals surface area contributed by atoms with Gasteiger partial charge in [0.15, 0.2) is 5.82 Å². The van der Waals surface area contributed by atoms with E-state index < -0.39 is 0 Å². The molecule has 3 aromatic heterocycles. The lowest BCUT2D eigenvalue weighted by Gasteiger charge is -2.11. The smallest absolute Gasteiger partial charge is 0.159 e. The Labute approximate surface area is 198 Å². The molecule has 2 N–H and O–H groups in total. The molecule has 8 nitrogen and oxygen atoms in total. The Balaban J connectivity index is 1.51.